The van der Waals surface area contributed by atoms with Crippen molar-refractivity contribution in [1.82, 2.24) is 0 Å². The molecule has 1 radical (unpaired) electrons. The van der Waals surface area contributed by atoms with Crippen LogP contribution in [0.1, 0.15) is 0 Å². The third-order valence-corrected chi connectivity index (χ3v) is 1.50. The number of hydrogen-bond donors (Lipinski definition) is 0. The van der Waals surface area contributed by atoms with Gasteiger partial charge in [0, 0.05) is 12.7 Å². The number of anilines is 1. The van der Waals surface area contributed by atoms with E-state index in [1.165, 1.54) is 0 Å². The van der Waals surface area contributed by atoms with Gasteiger partial charge in [-0.25, -0.2) is 0 Å². The summed E-state index contributed by atoms with van der Waals surface area (Å²) < 4.78 is 0. The van der Waals surface area contributed by atoms with Crippen LogP contribution in [0.15, 0.2) is 30.3 Å². The first kappa shape index (κ1) is 7.79. The highest BCUT2D eigenvalue weighted by molar-refractivity contribution is 5.61. The lowest BCUT2D eigenvalue weighted by Gasteiger charge is -2.14. The minimum Gasteiger partial charge on any atom is -0.367 e. The van der Waals surface area contributed by atoms with Crippen molar-refractivity contribution >= 4 is 12.0 Å². The van der Waals surface area contributed by atoms with Crippen molar-refractivity contribution in [2.75, 3.05) is 18.5 Å². The Bertz CT molecular complexity index is 220. The Morgan fingerprint density at radius 3 is 2.55 bits per heavy atom. The molecule has 0 fully saturated rings. The minimum atomic E-state index is 0.323. The van der Waals surface area contributed by atoms with E-state index in [4.69, 9.17) is 0 Å². The Kier molecular flexibility index (Phi) is 2.66. The second-order valence-corrected chi connectivity index (χ2v) is 2.34. The van der Waals surface area contributed by atoms with Gasteiger partial charge in [-0.2, -0.15) is 0 Å². The molecule has 0 aliphatic heterocycles. The predicted molar refractivity (Wildman–Crippen MR) is 45.4 cm³/mol. The van der Waals surface area contributed by atoms with Gasteiger partial charge in [-0.1, -0.05) is 18.2 Å². The van der Waals surface area contributed by atoms with Crippen molar-refractivity contribution in [3.05, 3.63) is 30.3 Å². The first-order valence-electron chi connectivity index (χ1n) is 3.46. The monoisotopic (exact) mass is 148 g/mol. The van der Waals surface area contributed by atoms with Gasteiger partial charge in [-0.3, -0.25) is 4.79 Å². The quantitative estimate of drug-likeness (QED) is 0.642. The smallest absolute Gasteiger partial charge is 0.219 e. The molecule has 0 aliphatic carbocycles. The van der Waals surface area contributed by atoms with Crippen LogP contribution in [0.4, 0.5) is 5.69 Å². The molecule has 0 bridgehead atoms. The van der Waals surface area contributed by atoms with Crippen LogP contribution in [0.2, 0.25) is 0 Å². The van der Waals surface area contributed by atoms with E-state index >= 15 is 0 Å². The average Bonchev–Trinajstić information content (AvgIpc) is 2.07. The summed E-state index contributed by atoms with van der Waals surface area (Å²) in [6.45, 7) is 0.323. The topological polar surface area (TPSA) is 20.3 Å². The number of nitrogens with zero attached hydrogens (tertiary/aromatic N) is 1. The average molecular weight is 148 g/mol. The standard InChI is InChI=1S/C9H10NO/c1-10(7-8-11)9-5-3-2-4-6-9/h2-6H,7H2,1H3. The molecule has 2 nitrogen and oxygen atoms in total. The molecule has 0 N–H and O–H groups in total. The Hall–Kier alpha value is -1.31. The predicted octanol–water partition coefficient (Wildman–Crippen LogP) is 1.23. The second-order valence-electron chi connectivity index (χ2n) is 2.34. The van der Waals surface area contributed by atoms with Crippen LogP contribution in [0.3, 0.4) is 0 Å². The largest absolute Gasteiger partial charge is 0.367 e. The van der Waals surface area contributed by atoms with E-state index in [1.807, 2.05) is 48.6 Å². The summed E-state index contributed by atoms with van der Waals surface area (Å²) in [5, 5.41) is 0. The van der Waals surface area contributed by atoms with Crippen LogP contribution < -0.4 is 4.90 Å². The molecular weight excluding hydrogens is 138 g/mol. The van der Waals surface area contributed by atoms with Crippen LogP contribution in [0.25, 0.3) is 0 Å². The molecule has 0 spiro atoms. The number of para-hydroxylation sites is 1. The first-order chi connectivity index (χ1) is 5.34. The lowest BCUT2D eigenvalue weighted by atomic mass is 10.3. The molecule has 2 heteroatoms. The van der Waals surface area contributed by atoms with E-state index in [1.54, 1.807) is 0 Å². The summed E-state index contributed by atoms with van der Waals surface area (Å²) in [4.78, 5) is 11.9. The third kappa shape index (κ3) is 2.08. The minimum absolute atomic E-state index is 0.323. The number of rotatable bonds is 3. The van der Waals surface area contributed by atoms with E-state index in [-0.39, 0.29) is 0 Å². The zero-order valence-electron chi connectivity index (χ0n) is 6.45. The van der Waals surface area contributed by atoms with Crippen molar-refractivity contribution < 1.29 is 4.79 Å². The highest BCUT2D eigenvalue weighted by atomic mass is 16.1. The fourth-order valence-corrected chi connectivity index (χ4v) is 0.871. The van der Waals surface area contributed by atoms with Gasteiger partial charge >= 0.3 is 0 Å². The van der Waals surface area contributed by atoms with Gasteiger partial charge in [-0.15, -0.1) is 0 Å². The van der Waals surface area contributed by atoms with E-state index in [0.717, 1.165) is 5.69 Å². The molecule has 0 amide bonds. The van der Waals surface area contributed by atoms with Gasteiger partial charge < -0.3 is 4.90 Å². The molecule has 57 valence electrons. The molecule has 0 aliphatic rings. The van der Waals surface area contributed by atoms with E-state index in [2.05, 4.69) is 0 Å². The summed E-state index contributed by atoms with van der Waals surface area (Å²) in [5.41, 5.74) is 1.04. The number of carbonyl (C=O) groups excluding carboxylic acids is 1. The van der Waals surface area contributed by atoms with Crippen molar-refractivity contribution in [3.8, 4) is 0 Å². The van der Waals surface area contributed by atoms with Crippen molar-refractivity contribution in [3.63, 3.8) is 0 Å². The van der Waals surface area contributed by atoms with Gasteiger partial charge in [0.2, 0.25) is 6.29 Å². The molecule has 1 rings (SSSR count). The van der Waals surface area contributed by atoms with Gasteiger partial charge in [0.15, 0.2) is 0 Å². The molecule has 1 aromatic rings. The Morgan fingerprint density at radius 2 is 2.00 bits per heavy atom. The Morgan fingerprint density at radius 1 is 1.36 bits per heavy atom. The van der Waals surface area contributed by atoms with Gasteiger partial charge in [0.05, 0.1) is 6.54 Å². The number of hydrogen-bond acceptors (Lipinski definition) is 2. The molecule has 0 unspecified atom stereocenters. The molecule has 0 saturated carbocycles. The van der Waals surface area contributed by atoms with Gasteiger partial charge in [-0.05, 0) is 12.1 Å². The van der Waals surface area contributed by atoms with Crippen molar-refractivity contribution in [2.24, 2.45) is 0 Å². The summed E-state index contributed by atoms with van der Waals surface area (Å²) in [6.07, 6.45) is 1.84. The second kappa shape index (κ2) is 3.76. The molecule has 11 heavy (non-hydrogen) atoms. The molecule has 0 atom stereocenters. The van der Waals surface area contributed by atoms with Crippen molar-refractivity contribution in [2.45, 2.75) is 0 Å². The van der Waals surface area contributed by atoms with Gasteiger partial charge in [0.25, 0.3) is 0 Å². The van der Waals surface area contributed by atoms with Crippen LogP contribution in [0.5, 0.6) is 0 Å². The van der Waals surface area contributed by atoms with Gasteiger partial charge in [0.1, 0.15) is 0 Å². The Balaban J connectivity index is 2.68. The summed E-state index contributed by atoms with van der Waals surface area (Å²) in [5.74, 6) is 0. The SMILES string of the molecule is CN(C[C]=O)c1ccccc1. The van der Waals surface area contributed by atoms with Crippen LogP contribution in [0, 0.1) is 0 Å². The van der Waals surface area contributed by atoms with E-state index < -0.39 is 0 Å². The molecular formula is C9H10NO. The number of benzene rings is 1. The molecule has 0 aromatic heterocycles. The van der Waals surface area contributed by atoms with E-state index in [0.29, 0.717) is 6.54 Å². The fourth-order valence-electron chi connectivity index (χ4n) is 0.871. The maximum absolute atomic E-state index is 10.0. The van der Waals surface area contributed by atoms with Crippen LogP contribution >= 0.6 is 0 Å². The highest BCUT2D eigenvalue weighted by Crippen LogP contribution is 2.08. The first-order valence-corrected chi connectivity index (χ1v) is 3.46. The zero-order chi connectivity index (χ0) is 8.10. The number of likely N-dealkylation sites (N-methyl/N-ethyl adjacent to an activating group) is 1. The highest BCUT2D eigenvalue weighted by Gasteiger charge is 1.96. The Labute approximate surface area is 66.4 Å². The zero-order valence-corrected chi connectivity index (χ0v) is 6.45. The fraction of sp³-hybridized carbons (Fsp3) is 0.222. The molecule has 0 heterocycles. The lowest BCUT2D eigenvalue weighted by molar-refractivity contribution is 0.555. The molecule has 1 aromatic carbocycles. The van der Waals surface area contributed by atoms with Crippen LogP contribution in [-0.4, -0.2) is 19.9 Å². The lowest BCUT2D eigenvalue weighted by Crippen LogP contribution is -2.18. The summed E-state index contributed by atoms with van der Waals surface area (Å²) in [7, 11) is 1.86. The maximum atomic E-state index is 10.0. The maximum Gasteiger partial charge on any atom is 0.219 e. The normalized spacial score (nSPS) is 9.18. The van der Waals surface area contributed by atoms with Crippen LogP contribution in [-0.2, 0) is 4.79 Å². The summed E-state index contributed by atoms with van der Waals surface area (Å²) in [6, 6.07) is 9.74. The molecule has 0 saturated heterocycles. The van der Waals surface area contributed by atoms with E-state index in [9.17, 15) is 4.79 Å². The third-order valence-electron chi connectivity index (χ3n) is 1.50. The summed E-state index contributed by atoms with van der Waals surface area (Å²) >= 11 is 0. The van der Waals surface area contributed by atoms with Crippen molar-refractivity contribution in [1.29, 1.82) is 0 Å².